The molecule has 0 saturated carbocycles. The minimum atomic E-state index is 0.439. The predicted octanol–water partition coefficient (Wildman–Crippen LogP) is 13.6. The van der Waals surface area contributed by atoms with Gasteiger partial charge in [-0.15, -0.1) is 0 Å². The molecule has 300 valence electrons. The van der Waals surface area contributed by atoms with Crippen molar-refractivity contribution in [3.05, 3.63) is 224 Å². The van der Waals surface area contributed by atoms with Gasteiger partial charge in [0.1, 0.15) is 5.69 Å². The fraction of sp³-hybridized carbons (Fsp3) is 0. The van der Waals surface area contributed by atoms with Gasteiger partial charge in [-0.05, 0) is 34.4 Å². The van der Waals surface area contributed by atoms with Gasteiger partial charge in [0.05, 0.1) is 16.9 Å². The lowest BCUT2D eigenvalue weighted by atomic mass is 10.0. The van der Waals surface area contributed by atoms with Crippen LogP contribution < -0.4 is 0 Å². The first-order valence-corrected chi connectivity index (χ1v) is 21.1. The summed E-state index contributed by atoms with van der Waals surface area (Å²) in [4.78, 5) is 35.6. The van der Waals surface area contributed by atoms with Crippen LogP contribution in [0, 0.1) is 0 Å². The number of hydrogen-bond donors (Lipinski definition) is 0. The maximum atomic E-state index is 5.17. The molecule has 3 aromatic heterocycles. The summed E-state index contributed by atoms with van der Waals surface area (Å²) in [6.45, 7) is 0. The molecule has 0 saturated heterocycles. The van der Waals surface area contributed by atoms with Gasteiger partial charge in [0.15, 0.2) is 29.1 Å². The number of rotatable bonds is 9. The molecule has 64 heavy (non-hydrogen) atoms. The third-order valence-electron chi connectivity index (χ3n) is 11.2. The van der Waals surface area contributed by atoms with Crippen molar-refractivity contribution in [3.63, 3.8) is 0 Å². The molecule has 0 bridgehead atoms. The molecule has 7 nitrogen and oxygen atoms in total. The minimum absolute atomic E-state index is 0.439. The molecule has 11 rings (SSSR count). The Labute approximate surface area is 370 Å². The molecule has 0 N–H and O–H groups in total. The van der Waals surface area contributed by atoms with Crippen LogP contribution in [0.1, 0.15) is 0 Å². The van der Waals surface area contributed by atoms with Crippen molar-refractivity contribution in [1.82, 2.24) is 34.9 Å². The van der Waals surface area contributed by atoms with E-state index in [1.165, 1.54) is 0 Å². The minimum Gasteiger partial charge on any atom is -0.228 e. The summed E-state index contributed by atoms with van der Waals surface area (Å²) in [5.41, 5.74) is 13.0. The zero-order valence-corrected chi connectivity index (χ0v) is 34.5. The summed E-state index contributed by atoms with van der Waals surface area (Å²) in [5.74, 6) is 2.75. The summed E-state index contributed by atoms with van der Waals surface area (Å²) in [7, 11) is 0. The van der Waals surface area contributed by atoms with E-state index >= 15 is 0 Å². The highest BCUT2D eigenvalue weighted by Crippen LogP contribution is 2.34. The lowest BCUT2D eigenvalue weighted by molar-refractivity contribution is 1.05. The van der Waals surface area contributed by atoms with Crippen LogP contribution in [0.3, 0.4) is 0 Å². The summed E-state index contributed by atoms with van der Waals surface area (Å²) < 4.78 is 0. The Morgan fingerprint density at radius 2 is 0.547 bits per heavy atom. The smallest absolute Gasteiger partial charge is 0.182 e. The number of nitrogens with zero attached hydrogens (tertiary/aromatic N) is 7. The lowest BCUT2D eigenvalue weighted by Gasteiger charge is -2.12. The average Bonchev–Trinajstić information content (AvgIpc) is 3.39. The van der Waals surface area contributed by atoms with E-state index in [0.717, 1.165) is 77.9 Å². The number of aromatic nitrogens is 7. The van der Waals surface area contributed by atoms with E-state index in [1.807, 2.05) is 121 Å². The van der Waals surface area contributed by atoms with Crippen LogP contribution >= 0.6 is 0 Å². The van der Waals surface area contributed by atoms with E-state index in [0.29, 0.717) is 34.8 Å². The molecule has 3 heterocycles. The Morgan fingerprint density at radius 3 is 1.08 bits per heavy atom. The van der Waals surface area contributed by atoms with Crippen LogP contribution in [0.4, 0.5) is 0 Å². The van der Waals surface area contributed by atoms with Crippen LogP contribution in [0.5, 0.6) is 0 Å². The third kappa shape index (κ3) is 7.81. The lowest BCUT2D eigenvalue weighted by Crippen LogP contribution is -2.03. The van der Waals surface area contributed by atoms with Crippen molar-refractivity contribution in [2.24, 2.45) is 0 Å². The number of fused-ring (bicyclic) bond motifs is 1. The quantitative estimate of drug-likeness (QED) is 0.143. The van der Waals surface area contributed by atoms with Crippen molar-refractivity contribution >= 4 is 10.9 Å². The maximum absolute atomic E-state index is 5.17. The van der Waals surface area contributed by atoms with Gasteiger partial charge in [0.2, 0.25) is 0 Å². The topological polar surface area (TPSA) is 90.2 Å². The largest absolute Gasteiger partial charge is 0.228 e. The van der Waals surface area contributed by atoms with E-state index in [-0.39, 0.29) is 0 Å². The fourth-order valence-electron chi connectivity index (χ4n) is 7.87. The monoisotopic (exact) mass is 819 g/mol. The molecule has 0 aliphatic carbocycles. The van der Waals surface area contributed by atoms with Crippen molar-refractivity contribution in [2.75, 3.05) is 0 Å². The van der Waals surface area contributed by atoms with Gasteiger partial charge in [-0.2, -0.15) is 0 Å². The van der Waals surface area contributed by atoms with Gasteiger partial charge < -0.3 is 0 Å². The summed E-state index contributed by atoms with van der Waals surface area (Å²) in [6, 6.07) is 75.9. The zero-order chi connectivity index (χ0) is 42.7. The summed E-state index contributed by atoms with van der Waals surface area (Å²) >= 11 is 0. The van der Waals surface area contributed by atoms with Crippen molar-refractivity contribution in [1.29, 1.82) is 0 Å². The molecular formula is C57H37N7. The van der Waals surface area contributed by atoms with Crippen molar-refractivity contribution < 1.29 is 0 Å². The molecule has 8 aromatic carbocycles. The van der Waals surface area contributed by atoms with Gasteiger partial charge in [-0.1, -0.05) is 212 Å². The summed E-state index contributed by atoms with van der Waals surface area (Å²) in [6.07, 6.45) is 0. The van der Waals surface area contributed by atoms with Gasteiger partial charge in [-0.25, -0.2) is 34.9 Å². The Balaban J connectivity index is 1.03. The first-order valence-electron chi connectivity index (χ1n) is 21.1. The molecule has 0 unspecified atom stereocenters. The zero-order valence-electron chi connectivity index (χ0n) is 34.5. The highest BCUT2D eigenvalue weighted by Gasteiger charge is 2.18. The molecular weight excluding hydrogens is 783 g/mol. The van der Waals surface area contributed by atoms with E-state index < -0.39 is 0 Å². The molecule has 0 amide bonds. The molecule has 0 spiro atoms. The maximum Gasteiger partial charge on any atom is 0.182 e. The second kappa shape index (κ2) is 16.9. The highest BCUT2D eigenvalue weighted by molar-refractivity contribution is 5.94. The fourth-order valence-corrected chi connectivity index (χ4v) is 7.87. The number of para-hydroxylation sites is 1. The Hall–Kier alpha value is -8.81. The number of hydrogen-bond acceptors (Lipinski definition) is 7. The standard InChI is InChI=1S/C57H37N7/c1-5-15-38(16-6-1)40-25-29-42(30-26-40)50-37-51(60-53(59-50)46-33-27-41(28-34-46)39-17-7-2-8-18-39)57-63-55(45-21-11-4-12-22-45)62-56(64-57)47-35-31-43(32-36-47)52-48-23-13-14-24-49(48)58-54(61-52)44-19-9-3-10-20-44/h1-37H. The molecule has 0 atom stereocenters. The molecule has 0 aliphatic heterocycles. The molecule has 0 radical (unpaired) electrons. The SMILES string of the molecule is c1ccc(-c2ccc(-c3cc(-c4nc(-c5ccccc5)nc(-c5ccc(-c6nc(-c7ccccc7)nc7ccccc67)cc5)n4)nc(-c4ccc(-c5ccccc5)cc4)n3)cc2)cc1. The Morgan fingerprint density at radius 1 is 0.203 bits per heavy atom. The summed E-state index contributed by atoms with van der Waals surface area (Å²) in [5, 5.41) is 0.975. The normalized spacial score (nSPS) is 11.1. The van der Waals surface area contributed by atoms with Crippen LogP contribution in [0.15, 0.2) is 224 Å². The van der Waals surface area contributed by atoms with Gasteiger partial charge >= 0.3 is 0 Å². The van der Waals surface area contributed by atoms with Crippen molar-refractivity contribution in [2.45, 2.75) is 0 Å². The Bertz CT molecular complexity index is 3280. The van der Waals surface area contributed by atoms with Crippen LogP contribution in [-0.4, -0.2) is 34.9 Å². The highest BCUT2D eigenvalue weighted by atomic mass is 15.1. The van der Waals surface area contributed by atoms with E-state index in [9.17, 15) is 0 Å². The number of benzene rings is 8. The molecule has 7 heteroatoms. The van der Waals surface area contributed by atoms with Crippen LogP contribution in [0.25, 0.3) is 113 Å². The molecule has 11 aromatic rings. The first-order chi connectivity index (χ1) is 31.7. The molecule has 0 aliphatic rings. The second-order valence-corrected chi connectivity index (χ2v) is 15.4. The average molecular weight is 820 g/mol. The van der Waals surface area contributed by atoms with Gasteiger partial charge in [-0.3, -0.25) is 0 Å². The second-order valence-electron chi connectivity index (χ2n) is 15.4. The van der Waals surface area contributed by atoms with Crippen LogP contribution in [0.2, 0.25) is 0 Å². The van der Waals surface area contributed by atoms with E-state index in [4.69, 9.17) is 34.9 Å². The van der Waals surface area contributed by atoms with Gasteiger partial charge in [0.25, 0.3) is 0 Å². The van der Waals surface area contributed by atoms with Crippen molar-refractivity contribution in [3.8, 4) is 102 Å². The first kappa shape index (κ1) is 38.1. The van der Waals surface area contributed by atoms with Crippen LogP contribution in [-0.2, 0) is 0 Å². The van der Waals surface area contributed by atoms with Gasteiger partial charge in [0, 0.05) is 38.8 Å². The molecule has 0 fully saturated rings. The predicted molar refractivity (Wildman–Crippen MR) is 257 cm³/mol. The van der Waals surface area contributed by atoms with E-state index in [1.54, 1.807) is 0 Å². The Kier molecular flexibility index (Phi) is 10.1. The third-order valence-corrected chi connectivity index (χ3v) is 11.2. The van der Waals surface area contributed by atoms with E-state index in [2.05, 4.69) is 103 Å².